The van der Waals surface area contributed by atoms with E-state index in [0.717, 1.165) is 16.7 Å². The topological polar surface area (TPSA) is 85.3 Å². The van der Waals surface area contributed by atoms with Crippen LogP contribution in [0.1, 0.15) is 33.0 Å². The maximum atomic E-state index is 12.5. The van der Waals surface area contributed by atoms with Gasteiger partial charge in [0.15, 0.2) is 0 Å². The smallest absolute Gasteiger partial charge is 0.345 e. The van der Waals surface area contributed by atoms with Gasteiger partial charge in [-0.15, -0.1) is 0 Å². The molecule has 0 aliphatic carbocycles. The van der Waals surface area contributed by atoms with Gasteiger partial charge in [0.25, 0.3) is 0 Å². The Bertz CT molecular complexity index is 1210. The summed E-state index contributed by atoms with van der Waals surface area (Å²) < 4.78 is 11.1. The van der Waals surface area contributed by atoms with Gasteiger partial charge in [0.1, 0.15) is 23.1 Å². The maximum absolute atomic E-state index is 12.5. The lowest BCUT2D eigenvalue weighted by atomic mass is 9.83. The molecule has 1 aliphatic heterocycles. The van der Waals surface area contributed by atoms with E-state index < -0.39 is 5.97 Å². The summed E-state index contributed by atoms with van der Waals surface area (Å²) in [5.74, 6) is -0.193. The summed E-state index contributed by atoms with van der Waals surface area (Å²) in [7, 11) is 0. The van der Waals surface area contributed by atoms with Gasteiger partial charge in [-0.1, -0.05) is 59.6 Å². The van der Waals surface area contributed by atoms with Crippen molar-refractivity contribution in [2.75, 3.05) is 0 Å². The van der Waals surface area contributed by atoms with Crippen LogP contribution in [-0.2, 0) is 0 Å². The molecule has 3 aromatic rings. The second kappa shape index (κ2) is 7.94. The van der Waals surface area contributed by atoms with Gasteiger partial charge in [-0.2, -0.15) is 5.26 Å². The third-order valence-electron chi connectivity index (χ3n) is 4.91. The molecule has 0 spiro atoms. The summed E-state index contributed by atoms with van der Waals surface area (Å²) in [5, 5.41) is 9.96. The highest BCUT2D eigenvalue weighted by molar-refractivity contribution is 6.33. The second-order valence-electron chi connectivity index (χ2n) is 6.90. The number of ether oxygens (including phenoxy) is 2. The summed E-state index contributed by atoms with van der Waals surface area (Å²) in [6.45, 7) is 2.00. The number of aryl methyl sites for hydroxylation is 1. The Labute approximate surface area is 178 Å². The van der Waals surface area contributed by atoms with Crippen LogP contribution in [0.15, 0.2) is 78.2 Å². The predicted molar refractivity (Wildman–Crippen MR) is 113 cm³/mol. The van der Waals surface area contributed by atoms with Crippen molar-refractivity contribution in [1.82, 2.24) is 0 Å². The third-order valence-corrected chi connectivity index (χ3v) is 5.24. The highest BCUT2D eigenvalue weighted by atomic mass is 35.5. The Morgan fingerprint density at radius 2 is 1.87 bits per heavy atom. The minimum atomic E-state index is -0.576. The summed E-state index contributed by atoms with van der Waals surface area (Å²) in [6.07, 6.45) is 0. The SMILES string of the molecule is Cc1ccc(C2C(C#N)=C(N)Oc3cc(OC(=O)c4ccccc4Cl)ccc32)cc1. The molecule has 0 bridgehead atoms. The third kappa shape index (κ3) is 3.61. The largest absolute Gasteiger partial charge is 0.440 e. The Hall–Kier alpha value is -3.75. The van der Waals surface area contributed by atoms with E-state index in [1.807, 2.05) is 31.2 Å². The van der Waals surface area contributed by atoms with Crippen molar-refractivity contribution in [3.63, 3.8) is 0 Å². The number of nitriles is 1. The summed E-state index contributed by atoms with van der Waals surface area (Å²) in [6, 6.07) is 21.7. The molecule has 1 atom stereocenters. The molecule has 30 heavy (non-hydrogen) atoms. The lowest BCUT2D eigenvalue weighted by Gasteiger charge is -2.26. The predicted octanol–water partition coefficient (Wildman–Crippen LogP) is 5.09. The van der Waals surface area contributed by atoms with Gasteiger partial charge in [-0.05, 0) is 30.7 Å². The van der Waals surface area contributed by atoms with Crippen LogP contribution in [0.2, 0.25) is 5.02 Å². The molecule has 1 heterocycles. The highest BCUT2D eigenvalue weighted by Gasteiger charge is 2.31. The van der Waals surface area contributed by atoms with Crippen molar-refractivity contribution < 1.29 is 14.3 Å². The second-order valence-corrected chi connectivity index (χ2v) is 7.31. The van der Waals surface area contributed by atoms with Gasteiger partial charge in [0, 0.05) is 11.6 Å². The zero-order valence-corrected chi connectivity index (χ0v) is 16.8. The fraction of sp³-hybridized carbons (Fsp3) is 0.0833. The average molecular weight is 417 g/mol. The zero-order valence-electron chi connectivity index (χ0n) is 16.1. The molecular weight excluding hydrogens is 400 g/mol. The van der Waals surface area contributed by atoms with Gasteiger partial charge < -0.3 is 15.2 Å². The standard InChI is InChI=1S/C24H17ClN2O3/c1-14-6-8-15(9-7-14)22-18-11-10-16(12-21(18)30-23(27)19(22)13-26)29-24(28)17-4-2-3-5-20(17)25/h2-12,22H,27H2,1H3. The first-order chi connectivity index (χ1) is 14.5. The number of esters is 1. The first-order valence-electron chi connectivity index (χ1n) is 9.22. The number of nitrogens with two attached hydrogens (primary N) is 1. The first kappa shape index (κ1) is 19.6. The van der Waals surface area contributed by atoms with Crippen LogP contribution >= 0.6 is 11.6 Å². The van der Waals surface area contributed by atoms with Crippen LogP contribution < -0.4 is 15.2 Å². The molecule has 0 fully saturated rings. The molecule has 5 nitrogen and oxygen atoms in total. The monoisotopic (exact) mass is 416 g/mol. The summed E-state index contributed by atoms with van der Waals surface area (Å²) in [5.41, 5.74) is 9.44. The van der Waals surface area contributed by atoms with Crippen LogP contribution in [0, 0.1) is 18.3 Å². The maximum Gasteiger partial charge on any atom is 0.345 e. The minimum Gasteiger partial charge on any atom is -0.440 e. The van der Waals surface area contributed by atoms with E-state index in [4.69, 9.17) is 26.8 Å². The molecule has 0 radical (unpaired) electrons. The van der Waals surface area contributed by atoms with Gasteiger partial charge in [-0.3, -0.25) is 0 Å². The fourth-order valence-corrected chi connectivity index (χ4v) is 3.60. The van der Waals surface area contributed by atoms with Gasteiger partial charge in [0.05, 0.1) is 16.5 Å². The van der Waals surface area contributed by atoms with Crippen molar-refractivity contribution >= 4 is 17.6 Å². The number of fused-ring (bicyclic) bond motifs is 1. The minimum absolute atomic E-state index is 0.0326. The van der Waals surface area contributed by atoms with E-state index in [-0.39, 0.29) is 23.1 Å². The van der Waals surface area contributed by atoms with E-state index in [9.17, 15) is 10.1 Å². The Kier molecular flexibility index (Phi) is 5.18. The Morgan fingerprint density at radius 1 is 1.13 bits per heavy atom. The number of hydrogen-bond acceptors (Lipinski definition) is 5. The van der Waals surface area contributed by atoms with Gasteiger partial charge in [0.2, 0.25) is 5.88 Å². The number of rotatable bonds is 3. The van der Waals surface area contributed by atoms with Crippen molar-refractivity contribution in [2.24, 2.45) is 5.73 Å². The molecule has 1 aliphatic rings. The van der Waals surface area contributed by atoms with Crippen LogP contribution in [0.3, 0.4) is 0 Å². The van der Waals surface area contributed by atoms with Crippen LogP contribution in [-0.4, -0.2) is 5.97 Å². The molecule has 148 valence electrons. The summed E-state index contributed by atoms with van der Waals surface area (Å²) in [4.78, 5) is 12.5. The number of allylic oxidation sites excluding steroid dienone is 1. The number of nitrogens with zero attached hydrogens (tertiary/aromatic N) is 1. The molecule has 0 amide bonds. The summed E-state index contributed by atoms with van der Waals surface area (Å²) >= 11 is 6.07. The van der Waals surface area contributed by atoms with E-state index in [1.54, 1.807) is 42.5 Å². The molecule has 0 saturated heterocycles. The molecule has 0 saturated carbocycles. The van der Waals surface area contributed by atoms with Gasteiger partial charge in [-0.25, -0.2) is 4.79 Å². The molecular formula is C24H17ClN2O3. The van der Waals surface area contributed by atoms with Crippen LogP contribution in [0.5, 0.6) is 11.5 Å². The molecule has 3 aromatic carbocycles. The Balaban J connectivity index is 1.70. The number of halogens is 1. The van der Waals surface area contributed by atoms with Crippen molar-refractivity contribution in [1.29, 1.82) is 5.26 Å². The Morgan fingerprint density at radius 3 is 2.57 bits per heavy atom. The van der Waals surface area contributed by atoms with Crippen molar-refractivity contribution in [3.05, 3.63) is 105 Å². The average Bonchev–Trinajstić information content (AvgIpc) is 2.73. The fourth-order valence-electron chi connectivity index (χ4n) is 3.39. The molecule has 6 heteroatoms. The number of carbonyl (C=O) groups excluding carboxylic acids is 1. The van der Waals surface area contributed by atoms with Crippen molar-refractivity contribution in [3.8, 4) is 17.6 Å². The molecule has 1 unspecified atom stereocenters. The van der Waals surface area contributed by atoms with Crippen molar-refractivity contribution in [2.45, 2.75) is 12.8 Å². The number of carbonyl (C=O) groups is 1. The van der Waals surface area contributed by atoms with E-state index in [1.165, 1.54) is 0 Å². The quantitative estimate of drug-likeness (QED) is 0.475. The lowest BCUT2D eigenvalue weighted by Crippen LogP contribution is -2.21. The lowest BCUT2D eigenvalue weighted by molar-refractivity contribution is 0.0734. The normalized spacial score (nSPS) is 15.0. The van der Waals surface area contributed by atoms with E-state index in [2.05, 4.69) is 6.07 Å². The first-order valence-corrected chi connectivity index (χ1v) is 9.60. The van der Waals surface area contributed by atoms with E-state index in [0.29, 0.717) is 16.3 Å². The molecule has 2 N–H and O–H groups in total. The highest BCUT2D eigenvalue weighted by Crippen LogP contribution is 2.43. The zero-order chi connectivity index (χ0) is 21.3. The number of hydrogen-bond donors (Lipinski definition) is 1. The van der Waals surface area contributed by atoms with Gasteiger partial charge >= 0.3 is 5.97 Å². The number of benzene rings is 3. The van der Waals surface area contributed by atoms with E-state index >= 15 is 0 Å². The molecule has 4 rings (SSSR count). The van der Waals surface area contributed by atoms with Crippen LogP contribution in [0.25, 0.3) is 0 Å². The van der Waals surface area contributed by atoms with Crippen LogP contribution in [0.4, 0.5) is 0 Å². The molecule has 0 aromatic heterocycles.